The predicted molar refractivity (Wildman–Crippen MR) is 74.2 cm³/mol. The molecule has 108 valence electrons. The van der Waals surface area contributed by atoms with E-state index in [4.69, 9.17) is 0 Å². The van der Waals surface area contributed by atoms with Crippen LogP contribution in [-0.2, 0) is 9.59 Å². The van der Waals surface area contributed by atoms with Gasteiger partial charge in [-0.15, -0.1) is 0 Å². The van der Waals surface area contributed by atoms with Gasteiger partial charge in [0.15, 0.2) is 0 Å². The lowest BCUT2D eigenvalue weighted by molar-refractivity contribution is -0.130. The van der Waals surface area contributed by atoms with Crippen LogP contribution in [0.25, 0.3) is 0 Å². The van der Waals surface area contributed by atoms with E-state index in [9.17, 15) is 14.9 Å². The smallest absolute Gasteiger partial charge is 0.240 e. The number of hydrogen-bond acceptors (Lipinski definition) is 3. The molecule has 0 aromatic heterocycles. The summed E-state index contributed by atoms with van der Waals surface area (Å²) in [5.74, 6) is -0.279. The predicted octanol–water partition coefficient (Wildman–Crippen LogP) is 1.69. The van der Waals surface area contributed by atoms with Crippen molar-refractivity contribution in [2.24, 2.45) is 5.41 Å². The molecule has 1 N–H and O–H groups in total. The Kier molecular flexibility index (Phi) is 7.81. The minimum atomic E-state index is -0.940. The summed E-state index contributed by atoms with van der Waals surface area (Å²) in [6.07, 6.45) is 2.96. The molecular formula is C14H25N3O2. The molecule has 19 heavy (non-hydrogen) atoms. The Bertz CT molecular complexity index is 339. The summed E-state index contributed by atoms with van der Waals surface area (Å²) in [5, 5.41) is 12.0. The molecule has 0 spiro atoms. The van der Waals surface area contributed by atoms with Crippen molar-refractivity contribution in [3.05, 3.63) is 0 Å². The van der Waals surface area contributed by atoms with Gasteiger partial charge in [0.2, 0.25) is 11.8 Å². The van der Waals surface area contributed by atoms with E-state index in [0.717, 1.165) is 12.8 Å². The standard InChI is InChI=1S/C14H25N3O2/c1-5-8-14(11-15,9-6-2)13(19)16-10-7-12(18)17(3)4/h5-10H2,1-4H3,(H,16,19). The van der Waals surface area contributed by atoms with Crippen molar-refractivity contribution >= 4 is 11.8 Å². The van der Waals surface area contributed by atoms with Crippen LogP contribution >= 0.6 is 0 Å². The number of nitriles is 1. The van der Waals surface area contributed by atoms with Gasteiger partial charge in [-0.2, -0.15) is 5.26 Å². The van der Waals surface area contributed by atoms with Gasteiger partial charge in [-0.25, -0.2) is 0 Å². The molecule has 0 rings (SSSR count). The Hall–Kier alpha value is -1.57. The molecule has 0 bridgehead atoms. The Morgan fingerprint density at radius 3 is 2.11 bits per heavy atom. The molecule has 0 aromatic carbocycles. The molecule has 0 aromatic rings. The third-order valence-corrected chi connectivity index (χ3v) is 3.13. The number of carbonyl (C=O) groups excluding carboxylic acids is 2. The number of nitrogens with one attached hydrogen (secondary N) is 1. The Morgan fingerprint density at radius 1 is 1.21 bits per heavy atom. The quantitative estimate of drug-likeness (QED) is 0.727. The number of rotatable bonds is 8. The Labute approximate surface area is 116 Å². The van der Waals surface area contributed by atoms with Crippen molar-refractivity contribution in [1.82, 2.24) is 10.2 Å². The molecule has 5 heteroatoms. The summed E-state index contributed by atoms with van der Waals surface area (Å²) in [5.41, 5.74) is -0.940. The zero-order valence-electron chi connectivity index (χ0n) is 12.5. The molecule has 5 nitrogen and oxygen atoms in total. The second-order valence-electron chi connectivity index (χ2n) is 4.99. The number of carbonyl (C=O) groups is 2. The van der Waals surface area contributed by atoms with E-state index < -0.39 is 5.41 Å². The van der Waals surface area contributed by atoms with Gasteiger partial charge >= 0.3 is 0 Å². The third-order valence-electron chi connectivity index (χ3n) is 3.13. The van der Waals surface area contributed by atoms with Crippen LogP contribution in [0.3, 0.4) is 0 Å². The zero-order chi connectivity index (χ0) is 14.9. The molecule has 0 aliphatic carbocycles. The Morgan fingerprint density at radius 2 is 1.74 bits per heavy atom. The lowest BCUT2D eigenvalue weighted by Crippen LogP contribution is -2.41. The fraction of sp³-hybridized carbons (Fsp3) is 0.786. The number of hydrogen-bond donors (Lipinski definition) is 1. The largest absolute Gasteiger partial charge is 0.354 e. The van der Waals surface area contributed by atoms with Crippen LogP contribution in [-0.4, -0.2) is 37.4 Å². The molecule has 0 saturated heterocycles. The highest BCUT2D eigenvalue weighted by Gasteiger charge is 2.36. The molecular weight excluding hydrogens is 242 g/mol. The van der Waals surface area contributed by atoms with Gasteiger partial charge in [0, 0.05) is 27.1 Å². The molecule has 0 fully saturated rings. The molecule has 0 aliphatic rings. The van der Waals surface area contributed by atoms with E-state index in [0.29, 0.717) is 12.8 Å². The highest BCUT2D eigenvalue weighted by Crippen LogP contribution is 2.29. The van der Waals surface area contributed by atoms with E-state index in [2.05, 4.69) is 11.4 Å². The number of nitrogens with zero attached hydrogens (tertiary/aromatic N) is 2. The average molecular weight is 267 g/mol. The lowest BCUT2D eigenvalue weighted by Gasteiger charge is -2.24. The van der Waals surface area contributed by atoms with Gasteiger partial charge in [-0.3, -0.25) is 9.59 Å². The highest BCUT2D eigenvalue weighted by atomic mass is 16.2. The van der Waals surface area contributed by atoms with Gasteiger partial charge in [-0.1, -0.05) is 26.7 Å². The maximum atomic E-state index is 12.2. The molecule has 0 radical (unpaired) electrons. The molecule has 0 unspecified atom stereocenters. The fourth-order valence-corrected chi connectivity index (χ4v) is 2.04. The van der Waals surface area contributed by atoms with Gasteiger partial charge in [-0.05, 0) is 12.8 Å². The van der Waals surface area contributed by atoms with Crippen molar-refractivity contribution in [1.29, 1.82) is 5.26 Å². The molecule has 2 amide bonds. The lowest BCUT2D eigenvalue weighted by atomic mass is 9.80. The summed E-state index contributed by atoms with van der Waals surface area (Å²) >= 11 is 0. The maximum absolute atomic E-state index is 12.2. The van der Waals surface area contributed by atoms with Gasteiger partial charge in [0.1, 0.15) is 5.41 Å². The first-order valence-corrected chi connectivity index (χ1v) is 6.83. The van der Waals surface area contributed by atoms with Crippen LogP contribution in [0.15, 0.2) is 0 Å². The summed E-state index contributed by atoms with van der Waals surface area (Å²) in [7, 11) is 3.36. The van der Waals surface area contributed by atoms with Crippen molar-refractivity contribution in [2.45, 2.75) is 46.0 Å². The van der Waals surface area contributed by atoms with Crippen molar-refractivity contribution in [2.75, 3.05) is 20.6 Å². The van der Waals surface area contributed by atoms with Crippen LogP contribution in [0, 0.1) is 16.7 Å². The first-order chi connectivity index (χ1) is 8.93. The molecule has 0 saturated carbocycles. The third kappa shape index (κ3) is 5.29. The second-order valence-corrected chi connectivity index (χ2v) is 4.99. The van der Waals surface area contributed by atoms with Crippen LogP contribution in [0.2, 0.25) is 0 Å². The molecule has 0 aliphatic heterocycles. The van der Waals surface area contributed by atoms with Gasteiger partial charge in [0.25, 0.3) is 0 Å². The van der Waals surface area contributed by atoms with Crippen molar-refractivity contribution in [3.8, 4) is 6.07 Å². The zero-order valence-corrected chi connectivity index (χ0v) is 12.5. The minimum absolute atomic E-state index is 0.0335. The summed E-state index contributed by atoms with van der Waals surface area (Å²) in [4.78, 5) is 25.1. The fourth-order valence-electron chi connectivity index (χ4n) is 2.04. The topological polar surface area (TPSA) is 73.2 Å². The van der Waals surface area contributed by atoms with Gasteiger partial charge < -0.3 is 10.2 Å². The second kappa shape index (κ2) is 8.52. The summed E-state index contributed by atoms with van der Waals surface area (Å²) in [6.45, 7) is 4.21. The Balaban J connectivity index is 4.50. The van der Waals surface area contributed by atoms with E-state index in [1.165, 1.54) is 4.90 Å². The van der Waals surface area contributed by atoms with Crippen molar-refractivity contribution < 1.29 is 9.59 Å². The minimum Gasteiger partial charge on any atom is -0.354 e. The normalized spacial score (nSPS) is 10.7. The monoisotopic (exact) mass is 267 g/mol. The average Bonchev–Trinajstić information content (AvgIpc) is 2.37. The molecule has 0 atom stereocenters. The van der Waals surface area contributed by atoms with Crippen LogP contribution in [0.4, 0.5) is 0 Å². The van der Waals surface area contributed by atoms with Crippen molar-refractivity contribution in [3.63, 3.8) is 0 Å². The van der Waals surface area contributed by atoms with E-state index >= 15 is 0 Å². The first-order valence-electron chi connectivity index (χ1n) is 6.83. The van der Waals surface area contributed by atoms with Crippen LogP contribution in [0.5, 0.6) is 0 Å². The SMILES string of the molecule is CCCC(C#N)(CCC)C(=O)NCCC(=O)N(C)C. The van der Waals surface area contributed by atoms with Gasteiger partial charge in [0.05, 0.1) is 6.07 Å². The van der Waals surface area contributed by atoms with E-state index in [-0.39, 0.29) is 24.8 Å². The van der Waals surface area contributed by atoms with Crippen LogP contribution in [0.1, 0.15) is 46.0 Å². The highest BCUT2D eigenvalue weighted by molar-refractivity contribution is 5.86. The van der Waals surface area contributed by atoms with E-state index in [1.807, 2.05) is 13.8 Å². The summed E-state index contributed by atoms with van der Waals surface area (Å²) in [6, 6.07) is 2.17. The number of amides is 2. The van der Waals surface area contributed by atoms with E-state index in [1.54, 1.807) is 14.1 Å². The summed E-state index contributed by atoms with van der Waals surface area (Å²) < 4.78 is 0. The molecule has 0 heterocycles. The first kappa shape index (κ1) is 17.4. The maximum Gasteiger partial charge on any atom is 0.240 e. The van der Waals surface area contributed by atoms with Crippen LogP contribution < -0.4 is 5.32 Å².